The monoisotopic (exact) mass is 556 g/mol. The summed E-state index contributed by atoms with van der Waals surface area (Å²) in [6.45, 7) is 6.43. The van der Waals surface area contributed by atoms with E-state index in [-0.39, 0.29) is 29.4 Å². The van der Waals surface area contributed by atoms with Gasteiger partial charge < -0.3 is 19.3 Å². The van der Waals surface area contributed by atoms with E-state index in [1.54, 1.807) is 0 Å². The fourth-order valence-corrected chi connectivity index (χ4v) is 4.05. The third-order valence-electron chi connectivity index (χ3n) is 3.60. The average molecular weight is 556 g/mol. The summed E-state index contributed by atoms with van der Waals surface area (Å²) in [4.78, 5) is 45.5. The predicted octanol–water partition coefficient (Wildman–Crippen LogP) is 3.55. The number of carboxylic acid groups (broad SMARTS) is 1. The molecule has 0 aromatic carbocycles. The lowest BCUT2D eigenvalue weighted by Crippen LogP contribution is -2.45. The molecule has 0 saturated heterocycles. The summed E-state index contributed by atoms with van der Waals surface area (Å²) in [6, 6.07) is 0. The molecule has 0 bridgehead atoms. The number of esters is 3. The van der Waals surface area contributed by atoms with Gasteiger partial charge in [0.05, 0.1) is 12.8 Å². The second kappa shape index (κ2) is 15.6. The molecule has 0 aromatic heterocycles. The molecule has 2 unspecified atom stereocenters. The van der Waals surface area contributed by atoms with Crippen LogP contribution in [0.15, 0.2) is 25.3 Å². The highest BCUT2D eigenvalue weighted by Gasteiger charge is 2.59. The minimum absolute atomic E-state index is 0.0244. The van der Waals surface area contributed by atoms with Crippen molar-refractivity contribution in [3.8, 4) is 0 Å². The summed E-state index contributed by atoms with van der Waals surface area (Å²) in [5.41, 5.74) is 0. The van der Waals surface area contributed by atoms with Gasteiger partial charge in [0.1, 0.15) is 12.2 Å². The van der Waals surface area contributed by atoms with Gasteiger partial charge in [-0.2, -0.15) is 49.9 Å². The van der Waals surface area contributed by atoms with Gasteiger partial charge in [-0.15, -0.1) is 0 Å². The summed E-state index contributed by atoms with van der Waals surface area (Å²) in [5.74, 6) is -5.07. The number of aliphatic carboxylic acids is 1. The number of hydrogen-bond donors (Lipinski definition) is 1. The quantitative estimate of drug-likeness (QED) is 0.0995. The first-order valence-electron chi connectivity index (χ1n) is 9.48. The molecule has 200 valence electrons. The first kappa shape index (κ1) is 32.6. The molecule has 8 nitrogen and oxygen atoms in total. The van der Waals surface area contributed by atoms with Crippen LogP contribution in [0.25, 0.3) is 0 Å². The first-order valence-corrected chi connectivity index (χ1v) is 11.8. The fourth-order valence-electron chi connectivity index (χ4n) is 2.05. The number of carboxylic acids is 1. The van der Waals surface area contributed by atoms with Gasteiger partial charge in [-0.25, -0.2) is 9.59 Å². The van der Waals surface area contributed by atoms with Crippen LogP contribution in [0, 0.1) is 0 Å². The molecule has 35 heavy (non-hydrogen) atoms. The smallest absolute Gasteiger partial charge is 0.434 e. The molecule has 0 saturated carbocycles. The van der Waals surface area contributed by atoms with Crippen molar-refractivity contribution in [3.63, 3.8) is 0 Å². The van der Waals surface area contributed by atoms with Crippen LogP contribution in [-0.2, 0) is 33.4 Å². The summed E-state index contributed by atoms with van der Waals surface area (Å²) in [6.07, 6.45) is -17.7. The molecule has 0 radical (unpaired) electrons. The Labute approximate surface area is 204 Å². The van der Waals surface area contributed by atoms with Gasteiger partial charge in [-0.1, -0.05) is 13.2 Å². The van der Waals surface area contributed by atoms with Crippen LogP contribution >= 0.6 is 23.5 Å². The Morgan fingerprint density at radius 1 is 0.771 bits per heavy atom. The molecule has 16 heteroatoms. The maximum atomic E-state index is 12.5. The summed E-state index contributed by atoms with van der Waals surface area (Å²) >= 11 is 1.85. The van der Waals surface area contributed by atoms with E-state index in [2.05, 4.69) is 17.9 Å². The van der Waals surface area contributed by atoms with Crippen molar-refractivity contribution in [2.24, 2.45) is 0 Å². The van der Waals surface area contributed by atoms with Gasteiger partial charge in [0.25, 0.3) is 6.10 Å². The normalized spacial score (nSPS) is 13.5. The van der Waals surface area contributed by atoms with Gasteiger partial charge in [-0.05, 0) is 0 Å². The summed E-state index contributed by atoms with van der Waals surface area (Å²) in [5, 5.41) is 8.70. The Hall–Kier alpha value is -2.36. The van der Waals surface area contributed by atoms with Crippen molar-refractivity contribution >= 4 is 47.4 Å². The van der Waals surface area contributed by atoms with Crippen molar-refractivity contribution in [2.75, 3.05) is 23.0 Å². The van der Waals surface area contributed by atoms with Gasteiger partial charge >= 0.3 is 36.2 Å². The van der Waals surface area contributed by atoms with Crippen molar-refractivity contribution in [3.05, 3.63) is 25.3 Å². The van der Waals surface area contributed by atoms with E-state index in [0.717, 1.165) is 35.7 Å². The zero-order valence-corrected chi connectivity index (χ0v) is 19.6. The number of carbonyl (C=O) groups excluding carboxylic acids is 3. The minimum atomic E-state index is -5.84. The predicted molar refractivity (Wildman–Crippen MR) is 114 cm³/mol. The van der Waals surface area contributed by atoms with Crippen molar-refractivity contribution in [2.45, 2.75) is 43.5 Å². The van der Waals surface area contributed by atoms with Crippen molar-refractivity contribution in [1.29, 1.82) is 0 Å². The van der Waals surface area contributed by atoms with E-state index in [1.807, 2.05) is 0 Å². The second-order valence-electron chi connectivity index (χ2n) is 6.36. The number of hydrogen-bond acceptors (Lipinski definition) is 9. The standard InChI is InChI=1S/C19H22F6O8S2/c1-3-14(28)31-11(9-34-7-5-13(26)27)12(32-15(29)4-2)10-35-8-6-16(30)33-17(18(20,21)22)19(23,24)25/h3-4,11-12,17H,1-2,5-10H2,(H,26,27). The summed E-state index contributed by atoms with van der Waals surface area (Å²) in [7, 11) is 0. The van der Waals surface area contributed by atoms with E-state index in [9.17, 15) is 45.5 Å². The molecule has 0 amide bonds. The third-order valence-corrected chi connectivity index (χ3v) is 5.72. The molecule has 0 rings (SSSR count). The zero-order chi connectivity index (χ0) is 27.2. The van der Waals surface area contributed by atoms with Gasteiger partial charge in [0, 0.05) is 35.2 Å². The summed E-state index contributed by atoms with van der Waals surface area (Å²) < 4.78 is 88.6. The molecule has 0 aliphatic carbocycles. The van der Waals surface area contributed by atoms with E-state index in [1.165, 1.54) is 0 Å². The molecule has 0 aliphatic heterocycles. The SMILES string of the molecule is C=CC(=O)OC(CSCCC(=O)O)C(CSCCC(=O)OC(C(F)(F)F)C(F)(F)F)OC(=O)C=C. The van der Waals surface area contributed by atoms with Crippen molar-refractivity contribution in [1.82, 2.24) is 0 Å². The molecule has 0 heterocycles. The lowest BCUT2D eigenvalue weighted by atomic mass is 10.2. The zero-order valence-electron chi connectivity index (χ0n) is 17.9. The number of rotatable bonds is 16. The Morgan fingerprint density at radius 2 is 1.17 bits per heavy atom. The molecule has 0 aliphatic rings. The molecular weight excluding hydrogens is 534 g/mol. The first-order chi connectivity index (χ1) is 16.1. The topological polar surface area (TPSA) is 116 Å². The van der Waals surface area contributed by atoms with Crippen LogP contribution in [0.4, 0.5) is 26.3 Å². The van der Waals surface area contributed by atoms with Crippen LogP contribution in [-0.4, -0.2) is 82.7 Å². The highest BCUT2D eigenvalue weighted by Crippen LogP contribution is 2.36. The molecule has 1 N–H and O–H groups in total. The van der Waals surface area contributed by atoms with E-state index >= 15 is 0 Å². The molecular formula is C19H22F6O8S2. The van der Waals surface area contributed by atoms with E-state index in [0.29, 0.717) is 0 Å². The van der Waals surface area contributed by atoms with Crippen LogP contribution in [0.1, 0.15) is 12.8 Å². The maximum Gasteiger partial charge on any atom is 0.434 e. The van der Waals surface area contributed by atoms with E-state index in [4.69, 9.17) is 14.6 Å². The molecule has 2 atom stereocenters. The minimum Gasteiger partial charge on any atom is -0.481 e. The Balaban J connectivity index is 5.12. The van der Waals surface area contributed by atoms with Crippen LogP contribution in [0.5, 0.6) is 0 Å². The molecule has 0 fully saturated rings. The van der Waals surface area contributed by atoms with E-state index < -0.39 is 61.0 Å². The number of halogens is 6. The van der Waals surface area contributed by atoms with Crippen LogP contribution in [0.3, 0.4) is 0 Å². The van der Waals surface area contributed by atoms with Gasteiger partial charge in [-0.3, -0.25) is 9.59 Å². The second-order valence-corrected chi connectivity index (χ2v) is 8.66. The maximum absolute atomic E-state index is 12.5. The molecule has 0 spiro atoms. The Morgan fingerprint density at radius 3 is 1.51 bits per heavy atom. The van der Waals surface area contributed by atoms with Crippen LogP contribution < -0.4 is 0 Å². The fraction of sp³-hybridized carbons (Fsp3) is 0.579. The Kier molecular flexibility index (Phi) is 14.5. The number of carbonyl (C=O) groups is 4. The lowest BCUT2D eigenvalue weighted by Gasteiger charge is -2.26. The third kappa shape index (κ3) is 14.6. The average Bonchev–Trinajstić information content (AvgIpc) is 2.74. The highest BCUT2D eigenvalue weighted by molar-refractivity contribution is 7.99. The number of thioether (sulfide) groups is 2. The molecule has 0 aromatic rings. The Bertz CT molecular complexity index is 743. The number of alkyl halides is 6. The lowest BCUT2D eigenvalue weighted by molar-refractivity contribution is -0.313. The largest absolute Gasteiger partial charge is 0.481 e. The highest BCUT2D eigenvalue weighted by atomic mass is 32.2. The van der Waals surface area contributed by atoms with Gasteiger partial charge in [0.15, 0.2) is 0 Å². The van der Waals surface area contributed by atoms with Crippen molar-refractivity contribution < 1.29 is 64.8 Å². The van der Waals surface area contributed by atoms with Crippen LogP contribution in [0.2, 0.25) is 0 Å². The van der Waals surface area contributed by atoms with Gasteiger partial charge in [0.2, 0.25) is 0 Å². The number of ether oxygens (including phenoxy) is 3.